The first-order valence-electron chi connectivity index (χ1n) is 14.8. The fourth-order valence-electron chi connectivity index (χ4n) is 3.43. The van der Waals surface area contributed by atoms with Gasteiger partial charge in [0.05, 0.1) is 23.3 Å². The maximum absolute atomic E-state index is 10.3. The third kappa shape index (κ3) is 17.0. The van der Waals surface area contributed by atoms with Crippen LogP contribution in [0.25, 0.3) is 0 Å². The second kappa shape index (κ2) is 21.8. The summed E-state index contributed by atoms with van der Waals surface area (Å²) in [5.74, 6) is -3.00. The minimum Gasteiger partial charge on any atom is -0.478 e. The van der Waals surface area contributed by atoms with E-state index in [9.17, 15) is 19.2 Å². The topological polar surface area (TPSA) is 149 Å². The second-order valence-electron chi connectivity index (χ2n) is 10.7. The number of aldehydes is 1. The van der Waals surface area contributed by atoms with Gasteiger partial charge in [-0.15, -0.1) is 0 Å². The van der Waals surface area contributed by atoms with Crippen molar-refractivity contribution in [1.82, 2.24) is 0 Å². The lowest BCUT2D eigenvalue weighted by Crippen LogP contribution is -1.99. The van der Waals surface area contributed by atoms with Crippen molar-refractivity contribution in [3.8, 4) is 0 Å². The second-order valence-corrected chi connectivity index (χ2v) is 10.7. The van der Waals surface area contributed by atoms with Gasteiger partial charge >= 0.3 is 17.9 Å². The summed E-state index contributed by atoms with van der Waals surface area (Å²) in [6, 6.07) is 35.5. The van der Waals surface area contributed by atoms with Crippen molar-refractivity contribution < 1.29 is 39.6 Å². The monoisotopic (exact) mass is 650 g/mol. The van der Waals surface area contributed by atoms with Crippen LogP contribution in [0.3, 0.4) is 0 Å². The molecule has 5 rings (SSSR count). The van der Waals surface area contributed by atoms with Crippen molar-refractivity contribution in [2.45, 2.75) is 41.2 Å². The predicted molar refractivity (Wildman–Crippen MR) is 188 cm³/mol. The van der Waals surface area contributed by atoms with Gasteiger partial charge in [0, 0.05) is 5.56 Å². The highest BCUT2D eigenvalue weighted by atomic mass is 16.4. The van der Waals surface area contributed by atoms with E-state index in [0.29, 0.717) is 5.56 Å². The van der Waals surface area contributed by atoms with Crippen LogP contribution in [-0.4, -0.2) is 44.6 Å². The molecular weight excluding hydrogens is 608 g/mol. The van der Waals surface area contributed by atoms with E-state index < -0.39 is 17.9 Å². The van der Waals surface area contributed by atoms with Crippen molar-refractivity contribution in [1.29, 1.82) is 0 Å². The molecule has 0 saturated heterocycles. The van der Waals surface area contributed by atoms with Gasteiger partial charge in [-0.2, -0.15) is 0 Å². The summed E-state index contributed by atoms with van der Waals surface area (Å²) < 4.78 is 0. The quantitative estimate of drug-likeness (QED) is 0.139. The molecule has 0 unspecified atom stereocenters. The Morgan fingerprint density at radius 3 is 0.917 bits per heavy atom. The summed E-state index contributed by atoms with van der Waals surface area (Å²) in [4.78, 5) is 41.1. The van der Waals surface area contributed by atoms with Crippen LogP contribution >= 0.6 is 0 Å². The molecule has 0 aliphatic rings. The van der Waals surface area contributed by atoms with E-state index in [-0.39, 0.29) is 17.7 Å². The van der Waals surface area contributed by atoms with Crippen LogP contribution in [0.4, 0.5) is 0 Å². The molecule has 5 aromatic rings. The number of hydrogen-bond acceptors (Lipinski definition) is 5. The van der Waals surface area contributed by atoms with Crippen molar-refractivity contribution >= 4 is 24.2 Å². The van der Waals surface area contributed by atoms with Crippen LogP contribution < -0.4 is 0 Å². The fourth-order valence-corrected chi connectivity index (χ4v) is 3.43. The normalized spacial score (nSPS) is 9.29. The molecule has 0 saturated carbocycles. The van der Waals surface area contributed by atoms with E-state index in [1.54, 1.807) is 24.3 Å². The Kier molecular flexibility index (Phi) is 18.2. The zero-order chi connectivity index (χ0) is 36.1. The number of rotatable bonds is 5. The maximum atomic E-state index is 10.3. The lowest BCUT2D eigenvalue weighted by atomic mass is 10.1. The van der Waals surface area contributed by atoms with Crippen LogP contribution in [0.1, 0.15) is 74.8 Å². The Balaban J connectivity index is 0.000000302. The first kappa shape index (κ1) is 40.2. The Morgan fingerprint density at radius 1 is 0.438 bits per heavy atom. The highest BCUT2D eigenvalue weighted by Crippen LogP contribution is 2.05. The Morgan fingerprint density at radius 2 is 0.667 bits per heavy atom. The highest BCUT2D eigenvalue weighted by molar-refractivity contribution is 5.91. The minimum atomic E-state index is -1.06. The number of carbonyl (C=O) groups is 4. The number of carboxylic acid groups (broad SMARTS) is 3. The van der Waals surface area contributed by atoms with Crippen molar-refractivity contribution in [3.05, 3.63) is 177 Å². The summed E-state index contributed by atoms with van der Waals surface area (Å²) in [7, 11) is 0. The molecule has 0 heterocycles. The smallest absolute Gasteiger partial charge is 0.335 e. The van der Waals surface area contributed by atoms with Gasteiger partial charge in [-0.25, -0.2) is 14.4 Å². The van der Waals surface area contributed by atoms with Gasteiger partial charge in [0.2, 0.25) is 0 Å². The molecule has 0 radical (unpaired) electrons. The Bertz CT molecular complexity index is 1630. The summed E-state index contributed by atoms with van der Waals surface area (Å²) in [6.07, 6.45) is 0.847. The van der Waals surface area contributed by atoms with Crippen LogP contribution in [0.15, 0.2) is 121 Å². The number of aryl methyl sites for hydroxylation is 5. The zero-order valence-electron chi connectivity index (χ0n) is 27.8. The van der Waals surface area contributed by atoms with Gasteiger partial charge in [-0.05, 0) is 76.6 Å². The van der Waals surface area contributed by atoms with Gasteiger partial charge in [-0.3, -0.25) is 4.79 Å². The number of aliphatic hydroxyl groups is 1. The molecule has 0 aliphatic heterocycles. The first-order chi connectivity index (χ1) is 22.7. The molecule has 8 nitrogen and oxygen atoms in total. The van der Waals surface area contributed by atoms with E-state index >= 15 is 0 Å². The highest BCUT2D eigenvalue weighted by Gasteiger charge is 2.05. The van der Waals surface area contributed by atoms with E-state index in [1.807, 2.05) is 69.3 Å². The number of benzene rings is 5. The maximum Gasteiger partial charge on any atom is 0.335 e. The summed E-state index contributed by atoms with van der Waals surface area (Å²) in [6.45, 7) is 10.3. The van der Waals surface area contributed by atoms with E-state index in [0.717, 1.165) is 23.0 Å². The summed E-state index contributed by atoms with van der Waals surface area (Å²) in [5.41, 5.74) is 8.36. The predicted octanol–water partition coefficient (Wildman–Crippen LogP) is 8.37. The molecule has 0 amide bonds. The SMILES string of the molecule is Cc1ccc(C(=O)O)cc1.Cc1ccc(C)cc1.Cc1ccc(C=O)cc1.Cc1ccc(CO)cc1.O=C(O)c1ccc(C(=O)O)cc1. The molecule has 48 heavy (non-hydrogen) atoms. The van der Waals surface area contributed by atoms with Gasteiger partial charge in [0.15, 0.2) is 0 Å². The van der Waals surface area contributed by atoms with E-state index in [2.05, 4.69) is 38.1 Å². The Hall–Kier alpha value is -5.86. The molecule has 4 N–H and O–H groups in total. The van der Waals surface area contributed by atoms with Crippen LogP contribution in [0, 0.1) is 34.6 Å². The average Bonchev–Trinajstić information content (AvgIpc) is 3.08. The van der Waals surface area contributed by atoms with Gasteiger partial charge in [0.1, 0.15) is 6.29 Å². The molecule has 0 atom stereocenters. The van der Waals surface area contributed by atoms with Gasteiger partial charge < -0.3 is 20.4 Å². The molecule has 0 fully saturated rings. The number of carboxylic acids is 3. The number of aromatic carboxylic acids is 3. The van der Waals surface area contributed by atoms with E-state index in [1.165, 1.54) is 46.5 Å². The minimum absolute atomic E-state index is 0.0833. The van der Waals surface area contributed by atoms with E-state index in [4.69, 9.17) is 20.4 Å². The molecular formula is C40H42O8. The molecule has 5 aromatic carbocycles. The van der Waals surface area contributed by atoms with Gasteiger partial charge in [0.25, 0.3) is 0 Å². The van der Waals surface area contributed by atoms with Crippen LogP contribution in [-0.2, 0) is 6.61 Å². The number of carbonyl (C=O) groups excluding carboxylic acids is 1. The molecule has 8 heteroatoms. The Labute approximate surface area is 281 Å². The molecule has 250 valence electrons. The molecule has 0 bridgehead atoms. The van der Waals surface area contributed by atoms with Crippen molar-refractivity contribution in [3.63, 3.8) is 0 Å². The van der Waals surface area contributed by atoms with Crippen LogP contribution in [0.5, 0.6) is 0 Å². The molecule has 0 aliphatic carbocycles. The zero-order valence-corrected chi connectivity index (χ0v) is 27.8. The fraction of sp³-hybridized carbons (Fsp3) is 0.150. The van der Waals surface area contributed by atoms with Crippen LogP contribution in [0.2, 0.25) is 0 Å². The third-order valence-electron chi connectivity index (χ3n) is 6.41. The van der Waals surface area contributed by atoms with Crippen molar-refractivity contribution in [2.75, 3.05) is 0 Å². The van der Waals surface area contributed by atoms with Crippen molar-refractivity contribution in [2.24, 2.45) is 0 Å². The average molecular weight is 651 g/mol. The summed E-state index contributed by atoms with van der Waals surface area (Å²) >= 11 is 0. The lowest BCUT2D eigenvalue weighted by molar-refractivity contribution is 0.0681. The number of aliphatic hydroxyl groups excluding tert-OH is 1. The van der Waals surface area contributed by atoms with Gasteiger partial charge in [-0.1, -0.05) is 113 Å². The molecule has 0 aromatic heterocycles. The summed E-state index contributed by atoms with van der Waals surface area (Å²) in [5, 5.41) is 34.0. The standard InChI is InChI=1S/C8H6O4.C8H8O2.C8H10O.C8H8O.C8H10/c9-7(10)5-1-2-6(4-3-5)8(11)12;1-6-2-4-7(5-3-6)8(9)10;2*1-7-2-4-8(6-9)5-3-7;1-7-3-5-8(2)6-4-7/h1-4H,(H,9,10)(H,11,12);2-5H,1H3,(H,9,10);2-5,9H,6H2,1H3;2-6H,1H3;3-6H,1-2H3. The first-order valence-corrected chi connectivity index (χ1v) is 14.8. The number of hydrogen-bond donors (Lipinski definition) is 4. The third-order valence-corrected chi connectivity index (χ3v) is 6.41. The lowest BCUT2D eigenvalue weighted by Gasteiger charge is -1.94. The largest absolute Gasteiger partial charge is 0.478 e. The molecule has 0 spiro atoms.